The van der Waals surface area contributed by atoms with Gasteiger partial charge in [0.15, 0.2) is 11.0 Å². The van der Waals surface area contributed by atoms with Crippen LogP contribution in [0.3, 0.4) is 0 Å². The van der Waals surface area contributed by atoms with Crippen molar-refractivity contribution in [3.63, 3.8) is 0 Å². The lowest BCUT2D eigenvalue weighted by molar-refractivity contribution is -0.129. The van der Waals surface area contributed by atoms with Crippen molar-refractivity contribution < 1.29 is 4.79 Å². The molecule has 1 aliphatic carbocycles. The molecule has 1 amide bonds. The minimum atomic E-state index is 0.128. The predicted molar refractivity (Wildman–Crippen MR) is 132 cm³/mol. The van der Waals surface area contributed by atoms with Crippen LogP contribution in [0.1, 0.15) is 84.2 Å². The lowest BCUT2D eigenvalue weighted by Gasteiger charge is -2.30. The number of piperidine rings is 1. The van der Waals surface area contributed by atoms with Crippen LogP contribution >= 0.6 is 11.8 Å². The normalized spacial score (nSPS) is 18.8. The van der Waals surface area contributed by atoms with Gasteiger partial charge in [-0.1, -0.05) is 83.0 Å². The molecule has 2 aliphatic rings. The van der Waals surface area contributed by atoms with Crippen LogP contribution in [0, 0.1) is 5.92 Å². The molecule has 1 aromatic carbocycles. The number of aromatic nitrogens is 3. The molecule has 0 spiro atoms. The van der Waals surface area contributed by atoms with Crippen molar-refractivity contribution in [2.45, 2.75) is 89.3 Å². The molecule has 1 saturated heterocycles. The van der Waals surface area contributed by atoms with Crippen LogP contribution < -0.4 is 0 Å². The Balaban J connectivity index is 1.55. The highest BCUT2D eigenvalue weighted by Gasteiger charge is 2.26. The Kier molecular flexibility index (Phi) is 7.28. The minimum absolute atomic E-state index is 0.128. The molecule has 2 fully saturated rings. The second-order valence-electron chi connectivity index (χ2n) is 10.6. The maximum absolute atomic E-state index is 12.8. The van der Waals surface area contributed by atoms with E-state index in [0.717, 1.165) is 61.2 Å². The maximum Gasteiger partial charge on any atom is 0.233 e. The number of likely N-dealkylation sites (tertiary alicyclic amines) is 1. The number of hydrogen-bond acceptors (Lipinski definition) is 4. The van der Waals surface area contributed by atoms with Crippen molar-refractivity contribution >= 4 is 17.7 Å². The van der Waals surface area contributed by atoms with Gasteiger partial charge in [0, 0.05) is 24.7 Å². The highest BCUT2D eigenvalue weighted by atomic mass is 32.2. The monoisotopic (exact) mass is 454 g/mol. The van der Waals surface area contributed by atoms with E-state index in [0.29, 0.717) is 11.8 Å². The molecule has 1 aromatic heterocycles. The zero-order chi connectivity index (χ0) is 22.7. The van der Waals surface area contributed by atoms with Crippen molar-refractivity contribution in [1.82, 2.24) is 19.7 Å². The summed E-state index contributed by atoms with van der Waals surface area (Å²) in [4.78, 5) is 14.8. The Hall–Kier alpha value is -1.82. The largest absolute Gasteiger partial charge is 0.342 e. The van der Waals surface area contributed by atoms with Crippen molar-refractivity contribution in [2.24, 2.45) is 5.92 Å². The average molecular weight is 455 g/mol. The van der Waals surface area contributed by atoms with Crippen LogP contribution in [0.5, 0.6) is 0 Å². The first-order chi connectivity index (χ1) is 15.3. The van der Waals surface area contributed by atoms with Crippen LogP contribution in [0.2, 0.25) is 0 Å². The summed E-state index contributed by atoms with van der Waals surface area (Å²) in [5, 5.41) is 10.1. The van der Waals surface area contributed by atoms with E-state index in [2.05, 4.69) is 66.7 Å². The van der Waals surface area contributed by atoms with Gasteiger partial charge in [0.05, 0.1) is 5.75 Å². The van der Waals surface area contributed by atoms with E-state index in [1.54, 1.807) is 11.8 Å². The van der Waals surface area contributed by atoms with E-state index in [1.165, 1.54) is 24.8 Å². The second-order valence-corrected chi connectivity index (χ2v) is 11.6. The van der Waals surface area contributed by atoms with Crippen molar-refractivity contribution in [1.29, 1.82) is 0 Å². The van der Waals surface area contributed by atoms with Gasteiger partial charge in [-0.15, -0.1) is 10.2 Å². The van der Waals surface area contributed by atoms with Crippen molar-refractivity contribution in [3.05, 3.63) is 29.8 Å². The van der Waals surface area contributed by atoms with E-state index in [9.17, 15) is 4.79 Å². The lowest BCUT2D eigenvalue weighted by Crippen LogP contribution is -2.39. The number of amides is 1. The Morgan fingerprint density at radius 3 is 2.28 bits per heavy atom. The summed E-state index contributed by atoms with van der Waals surface area (Å²) in [6.07, 6.45) is 8.36. The van der Waals surface area contributed by atoms with Crippen LogP contribution in [0.25, 0.3) is 11.4 Å². The van der Waals surface area contributed by atoms with Crippen LogP contribution in [0.15, 0.2) is 29.4 Å². The molecule has 0 unspecified atom stereocenters. The molecule has 6 heteroatoms. The molecule has 1 aliphatic heterocycles. The molecule has 4 rings (SSSR count). The molecule has 32 heavy (non-hydrogen) atoms. The van der Waals surface area contributed by atoms with Gasteiger partial charge in [-0.3, -0.25) is 9.36 Å². The van der Waals surface area contributed by atoms with Gasteiger partial charge in [0.25, 0.3) is 0 Å². The van der Waals surface area contributed by atoms with Gasteiger partial charge < -0.3 is 4.90 Å². The van der Waals surface area contributed by atoms with Gasteiger partial charge in [0.2, 0.25) is 5.91 Å². The molecule has 2 heterocycles. The predicted octanol–water partition coefficient (Wildman–Crippen LogP) is 6.10. The van der Waals surface area contributed by atoms with Gasteiger partial charge >= 0.3 is 0 Å². The molecular formula is C26H38N4OS. The molecule has 174 valence electrons. The fraction of sp³-hybridized carbons (Fsp3) is 0.654. The Morgan fingerprint density at radius 1 is 1.00 bits per heavy atom. The Bertz CT molecular complexity index is 901. The van der Waals surface area contributed by atoms with E-state index in [4.69, 9.17) is 0 Å². The summed E-state index contributed by atoms with van der Waals surface area (Å²) >= 11 is 1.56. The van der Waals surface area contributed by atoms with Crippen molar-refractivity contribution in [2.75, 3.05) is 18.8 Å². The zero-order valence-electron chi connectivity index (χ0n) is 20.1. The quantitative estimate of drug-likeness (QED) is 0.512. The summed E-state index contributed by atoms with van der Waals surface area (Å²) in [5.41, 5.74) is 2.56. The summed E-state index contributed by atoms with van der Waals surface area (Å²) in [5.74, 6) is 2.35. The van der Waals surface area contributed by atoms with Gasteiger partial charge in [-0.05, 0) is 42.6 Å². The Morgan fingerprint density at radius 2 is 1.66 bits per heavy atom. The number of rotatable bonds is 5. The molecule has 0 atom stereocenters. The summed E-state index contributed by atoms with van der Waals surface area (Å²) in [6.45, 7) is 10.8. The van der Waals surface area contributed by atoms with Crippen molar-refractivity contribution in [3.8, 4) is 11.4 Å². The van der Waals surface area contributed by atoms with Gasteiger partial charge in [-0.25, -0.2) is 0 Å². The first-order valence-electron chi connectivity index (χ1n) is 12.3. The molecule has 0 radical (unpaired) electrons. The van der Waals surface area contributed by atoms with E-state index in [1.807, 2.05) is 4.90 Å². The molecule has 5 nitrogen and oxygen atoms in total. The summed E-state index contributed by atoms with van der Waals surface area (Å²) in [6, 6.07) is 9.20. The third-order valence-electron chi connectivity index (χ3n) is 7.07. The minimum Gasteiger partial charge on any atom is -0.342 e. The average Bonchev–Trinajstić information content (AvgIpc) is 3.22. The van der Waals surface area contributed by atoms with Crippen LogP contribution in [-0.4, -0.2) is 44.4 Å². The van der Waals surface area contributed by atoms with E-state index >= 15 is 0 Å². The maximum atomic E-state index is 12.8. The SMILES string of the molecule is CC1CCN(C(=O)CSc2nnc(-c3ccc(C(C)(C)C)cc3)n2C2CCCCC2)CC1. The van der Waals surface area contributed by atoms with Crippen LogP contribution in [0.4, 0.5) is 0 Å². The number of benzene rings is 1. The first-order valence-corrected chi connectivity index (χ1v) is 13.3. The van der Waals surface area contributed by atoms with Gasteiger partial charge in [0.1, 0.15) is 0 Å². The highest BCUT2D eigenvalue weighted by molar-refractivity contribution is 7.99. The standard InChI is InChI=1S/C26H38N4OS/c1-19-14-16-29(17-15-19)23(31)18-32-25-28-27-24(30(25)22-8-6-5-7-9-22)20-10-12-21(13-11-20)26(2,3)4/h10-13,19,22H,5-9,14-18H2,1-4H3. The Labute approximate surface area is 197 Å². The summed E-state index contributed by atoms with van der Waals surface area (Å²) in [7, 11) is 0. The molecule has 0 bridgehead atoms. The molecule has 0 N–H and O–H groups in total. The third kappa shape index (κ3) is 5.38. The van der Waals surface area contributed by atoms with E-state index < -0.39 is 0 Å². The van der Waals surface area contributed by atoms with Crippen LogP contribution in [-0.2, 0) is 10.2 Å². The van der Waals surface area contributed by atoms with Gasteiger partial charge in [-0.2, -0.15) is 0 Å². The zero-order valence-corrected chi connectivity index (χ0v) is 21.0. The smallest absolute Gasteiger partial charge is 0.233 e. The topological polar surface area (TPSA) is 51.0 Å². The van der Waals surface area contributed by atoms with E-state index in [-0.39, 0.29) is 11.3 Å². The fourth-order valence-electron chi connectivity index (χ4n) is 4.84. The lowest BCUT2D eigenvalue weighted by atomic mass is 9.86. The fourth-order valence-corrected chi connectivity index (χ4v) is 5.74. The second kappa shape index (κ2) is 9.98. The number of nitrogens with zero attached hydrogens (tertiary/aromatic N) is 4. The summed E-state index contributed by atoms with van der Waals surface area (Å²) < 4.78 is 2.33. The number of carbonyl (C=O) groups is 1. The number of thioether (sulfide) groups is 1. The molecule has 2 aromatic rings. The first kappa shape index (κ1) is 23.3. The third-order valence-corrected chi connectivity index (χ3v) is 8.00. The highest BCUT2D eigenvalue weighted by Crippen LogP contribution is 2.36. The molecular weight excluding hydrogens is 416 g/mol. The number of carbonyl (C=O) groups excluding carboxylic acids is 1. The molecule has 1 saturated carbocycles. The number of hydrogen-bond donors (Lipinski definition) is 0.